The van der Waals surface area contributed by atoms with Gasteiger partial charge >= 0.3 is 0 Å². The fourth-order valence-electron chi connectivity index (χ4n) is 1.45. The van der Waals surface area contributed by atoms with Crippen LogP contribution in [-0.2, 0) is 0 Å². The van der Waals surface area contributed by atoms with Crippen LogP contribution in [0.15, 0.2) is 0 Å². The Morgan fingerprint density at radius 3 is 2.43 bits per heavy atom. The Hall–Kier alpha value is -0.0800. The standard InChI is InChI=1S/C12H28N2/c1-5-7-10-14(4)11-8-12(3)13-9-6-2/h12-13H,5-11H2,1-4H3. The van der Waals surface area contributed by atoms with E-state index in [2.05, 4.69) is 38.0 Å². The molecule has 0 saturated heterocycles. The summed E-state index contributed by atoms with van der Waals surface area (Å²) in [4.78, 5) is 2.44. The second kappa shape index (κ2) is 9.47. The van der Waals surface area contributed by atoms with E-state index in [0.717, 1.165) is 6.54 Å². The van der Waals surface area contributed by atoms with Crippen molar-refractivity contribution in [2.24, 2.45) is 0 Å². The van der Waals surface area contributed by atoms with Crippen molar-refractivity contribution in [1.29, 1.82) is 0 Å². The molecule has 1 N–H and O–H groups in total. The maximum Gasteiger partial charge on any atom is 0.00508 e. The third-order valence-electron chi connectivity index (χ3n) is 2.58. The Morgan fingerprint density at radius 2 is 1.86 bits per heavy atom. The smallest absolute Gasteiger partial charge is 0.00508 e. The molecule has 0 saturated carbocycles. The number of unbranched alkanes of at least 4 members (excludes halogenated alkanes) is 1. The van der Waals surface area contributed by atoms with Crippen LogP contribution in [-0.4, -0.2) is 37.6 Å². The number of nitrogens with one attached hydrogen (secondary N) is 1. The van der Waals surface area contributed by atoms with Gasteiger partial charge in [0.15, 0.2) is 0 Å². The van der Waals surface area contributed by atoms with Gasteiger partial charge in [-0.15, -0.1) is 0 Å². The summed E-state index contributed by atoms with van der Waals surface area (Å²) in [5.41, 5.74) is 0. The van der Waals surface area contributed by atoms with Gasteiger partial charge in [-0.3, -0.25) is 0 Å². The van der Waals surface area contributed by atoms with E-state index in [1.54, 1.807) is 0 Å². The molecule has 0 aliphatic rings. The normalized spacial score (nSPS) is 13.5. The van der Waals surface area contributed by atoms with Crippen LogP contribution < -0.4 is 5.32 Å². The molecule has 0 aromatic carbocycles. The minimum Gasteiger partial charge on any atom is -0.314 e. The average molecular weight is 200 g/mol. The van der Waals surface area contributed by atoms with Gasteiger partial charge in [-0.2, -0.15) is 0 Å². The third-order valence-corrected chi connectivity index (χ3v) is 2.58. The lowest BCUT2D eigenvalue weighted by atomic mass is 10.2. The van der Waals surface area contributed by atoms with Crippen molar-refractivity contribution >= 4 is 0 Å². The van der Waals surface area contributed by atoms with E-state index in [-0.39, 0.29) is 0 Å². The molecule has 0 spiro atoms. The average Bonchev–Trinajstić information content (AvgIpc) is 2.20. The fourth-order valence-corrected chi connectivity index (χ4v) is 1.45. The summed E-state index contributed by atoms with van der Waals surface area (Å²) >= 11 is 0. The lowest BCUT2D eigenvalue weighted by molar-refractivity contribution is 0.306. The highest BCUT2D eigenvalue weighted by Gasteiger charge is 2.02. The van der Waals surface area contributed by atoms with Crippen molar-refractivity contribution in [1.82, 2.24) is 10.2 Å². The molecule has 1 unspecified atom stereocenters. The van der Waals surface area contributed by atoms with Gasteiger partial charge in [0.1, 0.15) is 0 Å². The fraction of sp³-hybridized carbons (Fsp3) is 1.00. The van der Waals surface area contributed by atoms with E-state index in [4.69, 9.17) is 0 Å². The van der Waals surface area contributed by atoms with Gasteiger partial charge in [0.25, 0.3) is 0 Å². The van der Waals surface area contributed by atoms with Gasteiger partial charge < -0.3 is 10.2 Å². The predicted octanol–water partition coefficient (Wildman–Crippen LogP) is 2.50. The molecule has 1 atom stereocenters. The van der Waals surface area contributed by atoms with Gasteiger partial charge in [0.05, 0.1) is 0 Å². The van der Waals surface area contributed by atoms with Gasteiger partial charge in [-0.05, 0) is 52.9 Å². The van der Waals surface area contributed by atoms with Crippen LogP contribution in [0.4, 0.5) is 0 Å². The first kappa shape index (κ1) is 13.9. The molecule has 14 heavy (non-hydrogen) atoms. The van der Waals surface area contributed by atoms with Crippen LogP contribution >= 0.6 is 0 Å². The molecule has 0 radical (unpaired) electrons. The highest BCUT2D eigenvalue weighted by atomic mass is 15.1. The minimum absolute atomic E-state index is 0.666. The number of hydrogen-bond donors (Lipinski definition) is 1. The predicted molar refractivity (Wildman–Crippen MR) is 64.8 cm³/mol. The van der Waals surface area contributed by atoms with E-state index in [1.165, 1.54) is 38.8 Å². The van der Waals surface area contributed by atoms with Crippen LogP contribution in [0.1, 0.15) is 46.5 Å². The zero-order chi connectivity index (χ0) is 10.8. The first-order valence-electron chi connectivity index (χ1n) is 6.12. The molecule has 0 aromatic rings. The lowest BCUT2D eigenvalue weighted by Gasteiger charge is -2.19. The van der Waals surface area contributed by atoms with Gasteiger partial charge in [-0.25, -0.2) is 0 Å². The van der Waals surface area contributed by atoms with E-state index in [9.17, 15) is 0 Å². The molecule has 2 heteroatoms. The van der Waals surface area contributed by atoms with Crippen molar-refractivity contribution in [3.05, 3.63) is 0 Å². The minimum atomic E-state index is 0.666. The number of rotatable bonds is 9. The first-order valence-corrected chi connectivity index (χ1v) is 6.12. The molecule has 0 aliphatic heterocycles. The summed E-state index contributed by atoms with van der Waals surface area (Å²) in [6.07, 6.45) is 5.12. The van der Waals surface area contributed by atoms with Crippen molar-refractivity contribution in [2.75, 3.05) is 26.7 Å². The Kier molecular flexibility index (Phi) is 9.42. The lowest BCUT2D eigenvalue weighted by Crippen LogP contribution is -2.31. The SMILES string of the molecule is CCCCN(C)CCC(C)NCCC. The maximum atomic E-state index is 3.52. The van der Waals surface area contributed by atoms with E-state index in [0.29, 0.717) is 6.04 Å². The molecule has 2 nitrogen and oxygen atoms in total. The Labute approximate surface area is 90.1 Å². The summed E-state index contributed by atoms with van der Waals surface area (Å²) in [7, 11) is 2.22. The molecule has 0 aromatic heterocycles. The first-order chi connectivity index (χ1) is 6.70. The second-order valence-electron chi connectivity index (χ2n) is 4.30. The van der Waals surface area contributed by atoms with E-state index >= 15 is 0 Å². The Morgan fingerprint density at radius 1 is 1.14 bits per heavy atom. The Balaban J connectivity index is 3.31. The molecule has 0 bridgehead atoms. The molecule has 0 rings (SSSR count). The summed E-state index contributed by atoms with van der Waals surface area (Å²) in [6, 6.07) is 0.666. The molecular weight excluding hydrogens is 172 g/mol. The highest BCUT2D eigenvalue weighted by molar-refractivity contribution is 4.62. The van der Waals surface area contributed by atoms with E-state index in [1.807, 2.05) is 0 Å². The molecule has 86 valence electrons. The Bertz CT molecular complexity index is 101. The van der Waals surface area contributed by atoms with Crippen molar-refractivity contribution < 1.29 is 0 Å². The van der Waals surface area contributed by atoms with Crippen LogP contribution in [0.2, 0.25) is 0 Å². The summed E-state index contributed by atoms with van der Waals surface area (Å²) in [5, 5.41) is 3.52. The summed E-state index contributed by atoms with van der Waals surface area (Å²) < 4.78 is 0. The summed E-state index contributed by atoms with van der Waals surface area (Å²) in [6.45, 7) is 10.4. The van der Waals surface area contributed by atoms with Crippen molar-refractivity contribution in [2.45, 2.75) is 52.5 Å². The monoisotopic (exact) mass is 200 g/mol. The third kappa shape index (κ3) is 8.52. The van der Waals surface area contributed by atoms with Crippen molar-refractivity contribution in [3.63, 3.8) is 0 Å². The summed E-state index contributed by atoms with van der Waals surface area (Å²) in [5.74, 6) is 0. The number of nitrogens with zero attached hydrogens (tertiary/aromatic N) is 1. The quantitative estimate of drug-likeness (QED) is 0.615. The maximum absolute atomic E-state index is 3.52. The largest absolute Gasteiger partial charge is 0.314 e. The van der Waals surface area contributed by atoms with Gasteiger partial charge in [0, 0.05) is 6.04 Å². The van der Waals surface area contributed by atoms with Crippen molar-refractivity contribution in [3.8, 4) is 0 Å². The molecule has 0 heterocycles. The van der Waals surface area contributed by atoms with E-state index < -0.39 is 0 Å². The highest BCUT2D eigenvalue weighted by Crippen LogP contribution is 1.96. The number of hydrogen-bond acceptors (Lipinski definition) is 2. The topological polar surface area (TPSA) is 15.3 Å². The van der Waals surface area contributed by atoms with Gasteiger partial charge in [-0.1, -0.05) is 20.3 Å². The zero-order valence-corrected chi connectivity index (χ0v) is 10.5. The van der Waals surface area contributed by atoms with Crippen LogP contribution in [0.5, 0.6) is 0 Å². The molecule has 0 amide bonds. The van der Waals surface area contributed by atoms with Crippen LogP contribution in [0.25, 0.3) is 0 Å². The van der Waals surface area contributed by atoms with Crippen LogP contribution in [0, 0.1) is 0 Å². The molecule has 0 aliphatic carbocycles. The van der Waals surface area contributed by atoms with Crippen LogP contribution in [0.3, 0.4) is 0 Å². The second-order valence-corrected chi connectivity index (χ2v) is 4.30. The molecular formula is C12H28N2. The van der Waals surface area contributed by atoms with Gasteiger partial charge in [0.2, 0.25) is 0 Å². The molecule has 0 fully saturated rings. The zero-order valence-electron chi connectivity index (χ0n) is 10.5.